The topological polar surface area (TPSA) is 48.5 Å². The molecule has 0 N–H and O–H groups in total. The van der Waals surface area contributed by atoms with Gasteiger partial charge in [-0.1, -0.05) is 200 Å². The maximum Gasteiger partial charge on any atom is 0.164 e. The van der Waals surface area contributed by atoms with E-state index in [-0.39, 0.29) is 0 Å². The molecule has 5 nitrogen and oxygen atoms in total. The molecule has 0 aliphatic rings. The summed E-state index contributed by atoms with van der Waals surface area (Å²) in [5.41, 5.74) is 18.9. The zero-order valence-electron chi connectivity index (χ0n) is 40.9. The number of para-hydroxylation sites is 3. The Morgan fingerprint density at radius 1 is 0.253 bits per heavy atom. The van der Waals surface area contributed by atoms with E-state index in [9.17, 15) is 0 Å². The Morgan fingerprint density at radius 2 is 0.707 bits per heavy atom. The van der Waals surface area contributed by atoms with Crippen molar-refractivity contribution in [1.29, 1.82) is 0 Å². The fraction of sp³-hybridized carbons (Fsp3) is 0.0143. The zero-order valence-corrected chi connectivity index (χ0v) is 40.9. The molecule has 0 saturated carbocycles. The lowest BCUT2D eigenvalue weighted by Crippen LogP contribution is -2.00. The normalized spacial score (nSPS) is 11.5. The minimum Gasteiger partial charge on any atom is -0.309 e. The molecule has 0 spiro atoms. The van der Waals surface area contributed by atoms with Crippen molar-refractivity contribution in [3.05, 3.63) is 284 Å². The molecule has 0 bridgehead atoms. The third-order valence-corrected chi connectivity index (χ3v) is 14.5. The molecule has 5 heteroatoms. The van der Waals surface area contributed by atoms with Gasteiger partial charge in [-0.05, 0) is 113 Å². The summed E-state index contributed by atoms with van der Waals surface area (Å²) in [6.45, 7) is 0. The third-order valence-electron chi connectivity index (χ3n) is 14.5. The predicted molar refractivity (Wildman–Crippen MR) is 310 cm³/mol. The lowest BCUT2D eigenvalue weighted by molar-refractivity contribution is 1.07. The Hall–Kier alpha value is -9.97. The lowest BCUT2D eigenvalue weighted by Gasteiger charge is -2.16. The first kappa shape index (κ1) is 43.8. The van der Waals surface area contributed by atoms with E-state index in [4.69, 9.17) is 15.0 Å². The van der Waals surface area contributed by atoms with Crippen molar-refractivity contribution in [3.8, 4) is 78.9 Å². The van der Waals surface area contributed by atoms with Gasteiger partial charge in [-0.2, -0.15) is 0 Å². The summed E-state index contributed by atoms with van der Waals surface area (Å²) in [5.74, 6) is 1.88. The molecule has 14 aromatic rings. The third kappa shape index (κ3) is 7.95. The molecular formula is C70H47N5. The molecule has 75 heavy (non-hydrogen) atoms. The molecule has 11 aromatic carbocycles. The average Bonchev–Trinajstić information content (AvgIpc) is 4.04. The minimum absolute atomic E-state index is 0.614. The van der Waals surface area contributed by atoms with E-state index >= 15 is 0 Å². The van der Waals surface area contributed by atoms with Gasteiger partial charge in [-0.3, -0.25) is 0 Å². The predicted octanol–water partition coefficient (Wildman–Crippen LogP) is 17.7. The van der Waals surface area contributed by atoms with Gasteiger partial charge in [-0.15, -0.1) is 0 Å². The van der Waals surface area contributed by atoms with Crippen molar-refractivity contribution in [1.82, 2.24) is 24.1 Å². The smallest absolute Gasteiger partial charge is 0.164 e. The highest BCUT2D eigenvalue weighted by atomic mass is 15.0. The van der Waals surface area contributed by atoms with Crippen LogP contribution in [0.3, 0.4) is 0 Å². The maximum atomic E-state index is 5.18. The zero-order chi connectivity index (χ0) is 49.7. The van der Waals surface area contributed by atoms with Crippen LogP contribution in [-0.2, 0) is 6.42 Å². The number of hydrogen-bond acceptors (Lipinski definition) is 3. The number of benzene rings is 11. The largest absolute Gasteiger partial charge is 0.309 e. The van der Waals surface area contributed by atoms with Crippen molar-refractivity contribution in [2.24, 2.45) is 0 Å². The van der Waals surface area contributed by atoms with Gasteiger partial charge in [0.1, 0.15) is 0 Å². The van der Waals surface area contributed by atoms with Crippen molar-refractivity contribution >= 4 is 43.6 Å². The fourth-order valence-electron chi connectivity index (χ4n) is 11.1. The summed E-state index contributed by atoms with van der Waals surface area (Å²) in [7, 11) is 0. The van der Waals surface area contributed by atoms with Crippen LogP contribution in [0.5, 0.6) is 0 Å². The van der Waals surface area contributed by atoms with Crippen LogP contribution in [0.4, 0.5) is 0 Å². The molecule has 352 valence electrons. The van der Waals surface area contributed by atoms with Gasteiger partial charge in [0.2, 0.25) is 0 Å². The molecule has 0 aliphatic carbocycles. The Kier molecular flexibility index (Phi) is 10.8. The average molecular weight is 958 g/mol. The van der Waals surface area contributed by atoms with Gasteiger partial charge >= 0.3 is 0 Å². The Morgan fingerprint density at radius 3 is 1.35 bits per heavy atom. The second-order valence-corrected chi connectivity index (χ2v) is 19.2. The second kappa shape index (κ2) is 18.6. The minimum atomic E-state index is 0.614. The summed E-state index contributed by atoms with van der Waals surface area (Å²) < 4.78 is 4.91. The Bertz CT molecular complexity index is 4340. The van der Waals surface area contributed by atoms with Gasteiger partial charge in [-0.25, -0.2) is 15.0 Å². The van der Waals surface area contributed by atoms with Crippen LogP contribution in [-0.4, -0.2) is 24.1 Å². The maximum absolute atomic E-state index is 5.18. The van der Waals surface area contributed by atoms with E-state index in [0.717, 1.165) is 73.3 Å². The summed E-state index contributed by atoms with van der Waals surface area (Å²) >= 11 is 0. The van der Waals surface area contributed by atoms with E-state index in [0.29, 0.717) is 17.5 Å². The van der Waals surface area contributed by atoms with Crippen molar-refractivity contribution in [2.45, 2.75) is 6.42 Å². The monoisotopic (exact) mass is 957 g/mol. The summed E-state index contributed by atoms with van der Waals surface area (Å²) in [6.07, 6.45) is 0.767. The number of fused-ring (bicyclic) bond motifs is 6. The number of hydrogen-bond donors (Lipinski definition) is 0. The molecular weight excluding hydrogens is 911 g/mol. The molecule has 3 aromatic heterocycles. The van der Waals surface area contributed by atoms with Crippen LogP contribution in [0.25, 0.3) is 123 Å². The summed E-state index contributed by atoms with van der Waals surface area (Å²) in [6, 6.07) is 97.9. The van der Waals surface area contributed by atoms with Gasteiger partial charge < -0.3 is 9.13 Å². The fourth-order valence-corrected chi connectivity index (χ4v) is 11.1. The number of rotatable bonds is 10. The first-order chi connectivity index (χ1) is 37.2. The molecule has 0 radical (unpaired) electrons. The van der Waals surface area contributed by atoms with Gasteiger partial charge in [0.15, 0.2) is 17.5 Å². The van der Waals surface area contributed by atoms with E-state index in [1.165, 1.54) is 49.3 Å². The number of nitrogens with zero attached hydrogens (tertiary/aromatic N) is 5. The van der Waals surface area contributed by atoms with Crippen molar-refractivity contribution < 1.29 is 0 Å². The van der Waals surface area contributed by atoms with Gasteiger partial charge in [0.25, 0.3) is 0 Å². The highest BCUT2D eigenvalue weighted by molar-refractivity contribution is 6.19. The second-order valence-electron chi connectivity index (χ2n) is 19.2. The first-order valence-corrected chi connectivity index (χ1v) is 25.6. The van der Waals surface area contributed by atoms with E-state index in [1.54, 1.807) is 0 Å². The molecule has 0 amide bonds. The Labute approximate surface area is 435 Å². The SMILES string of the molecule is c1ccc(Cc2cc(-c3cccc(-c4nc(-c5ccccc5)nc(-c5ccccc5)n4)c3)c3c(c2)c2cc(-c4ccccc4)cc(-c4ccc5c(c4)c4ccccc4n5-c4ccccc4)c2n3-c2ccccc2)cc1. The molecule has 0 saturated heterocycles. The van der Waals surface area contributed by atoms with Crippen LogP contribution in [0.2, 0.25) is 0 Å². The van der Waals surface area contributed by atoms with Gasteiger partial charge in [0.05, 0.1) is 22.1 Å². The molecule has 0 aliphatic heterocycles. The van der Waals surface area contributed by atoms with Crippen LogP contribution in [0.1, 0.15) is 11.1 Å². The highest BCUT2D eigenvalue weighted by Gasteiger charge is 2.24. The summed E-state index contributed by atoms with van der Waals surface area (Å²) in [4.78, 5) is 15.4. The van der Waals surface area contributed by atoms with E-state index < -0.39 is 0 Å². The van der Waals surface area contributed by atoms with Crippen LogP contribution in [0, 0.1) is 0 Å². The Balaban J connectivity index is 1.07. The van der Waals surface area contributed by atoms with Crippen molar-refractivity contribution in [2.75, 3.05) is 0 Å². The van der Waals surface area contributed by atoms with Crippen molar-refractivity contribution in [3.63, 3.8) is 0 Å². The highest BCUT2D eigenvalue weighted by Crippen LogP contribution is 2.46. The quantitative estimate of drug-likeness (QED) is 0.137. The van der Waals surface area contributed by atoms with E-state index in [2.05, 4.69) is 246 Å². The molecule has 0 fully saturated rings. The van der Waals surface area contributed by atoms with Crippen LogP contribution < -0.4 is 0 Å². The van der Waals surface area contributed by atoms with E-state index in [1.807, 2.05) is 36.4 Å². The molecule has 3 heterocycles. The first-order valence-electron chi connectivity index (χ1n) is 25.6. The van der Waals surface area contributed by atoms with Crippen LogP contribution in [0.15, 0.2) is 273 Å². The molecule has 0 unspecified atom stereocenters. The van der Waals surface area contributed by atoms with Crippen LogP contribution >= 0.6 is 0 Å². The van der Waals surface area contributed by atoms with Gasteiger partial charge in [0, 0.05) is 60.7 Å². The summed E-state index contributed by atoms with van der Waals surface area (Å²) in [5, 5.41) is 4.79. The lowest BCUT2D eigenvalue weighted by atomic mass is 9.92. The molecule has 0 atom stereocenters. The molecule has 14 rings (SSSR count). The number of aromatic nitrogens is 5. The standard InChI is InChI=1S/C70H47N5/c1-7-22-47(23-8-1)40-48-41-59(52-30-21-31-54(43-52)70-72-68(50-26-11-3-12-27-50)71-69(73-70)51-28-13-4-14-29-51)66-62(42-48)63-46-55(49-24-9-2-10-25-49)45-60(67(63)75(66)57-34-17-6-18-35-57)53-38-39-65-61(44-53)58-36-19-20-37-64(58)74(65)56-32-15-5-16-33-56/h1-39,41-46H,40H2.